The molecule has 2 atom stereocenters. The molecule has 0 saturated heterocycles. The maximum atomic E-state index is 10.0. The quantitative estimate of drug-likeness (QED) is 0.367. The molecule has 0 spiro atoms. The van der Waals surface area contributed by atoms with E-state index in [0.717, 1.165) is 51.4 Å². The first kappa shape index (κ1) is 27.9. The molecule has 0 heterocycles. The van der Waals surface area contributed by atoms with Crippen molar-refractivity contribution in [2.24, 2.45) is 0 Å². The number of carboxylic acid groups (broad SMARTS) is 2. The van der Waals surface area contributed by atoms with Crippen molar-refractivity contribution < 1.29 is 30.0 Å². The molecule has 0 radical (unpaired) electrons. The van der Waals surface area contributed by atoms with Crippen molar-refractivity contribution in [3.05, 3.63) is 0 Å². The van der Waals surface area contributed by atoms with Crippen LogP contribution in [-0.4, -0.2) is 72.1 Å². The van der Waals surface area contributed by atoms with Gasteiger partial charge in [-0.2, -0.15) is 0 Å². The fraction of sp³-hybridized carbons (Fsp3) is 0.875. The van der Waals surface area contributed by atoms with Crippen LogP contribution in [0.15, 0.2) is 0 Å². The third kappa shape index (κ3) is 22.1. The third-order valence-corrected chi connectivity index (χ3v) is 3.21. The number of aliphatic hydroxyl groups is 2. The smallest absolute Gasteiger partial charge is 0.547 e. The van der Waals surface area contributed by atoms with E-state index in [1.807, 2.05) is 0 Å². The summed E-state index contributed by atoms with van der Waals surface area (Å²) in [6.07, 6.45) is 6.03. The van der Waals surface area contributed by atoms with Gasteiger partial charge in [0.25, 0.3) is 0 Å². The summed E-state index contributed by atoms with van der Waals surface area (Å²) in [5.74, 6) is -2.72. The van der Waals surface area contributed by atoms with Crippen LogP contribution < -0.4 is 10.2 Å². The van der Waals surface area contributed by atoms with Crippen LogP contribution in [-0.2, 0) is 9.59 Å². The van der Waals surface area contributed by atoms with E-state index in [-0.39, 0.29) is 37.7 Å². The number of rotatable bonds is 12. The molecule has 0 amide bonds. The van der Waals surface area contributed by atoms with Gasteiger partial charge in [0.15, 0.2) is 0 Å². The van der Waals surface area contributed by atoms with Crippen molar-refractivity contribution in [3.8, 4) is 0 Å². The summed E-state index contributed by atoms with van der Waals surface area (Å²) in [4.78, 5) is 20.0. The van der Waals surface area contributed by atoms with E-state index in [1.165, 1.54) is 0 Å². The topological polar surface area (TPSA) is 121 Å². The van der Waals surface area contributed by atoms with E-state index < -0.39 is 24.1 Å². The Kier molecular flexibility index (Phi) is 24.5. The number of aliphatic carboxylic acids is 2. The summed E-state index contributed by atoms with van der Waals surface area (Å²) in [5, 5.41) is 37.5. The van der Waals surface area contributed by atoms with Crippen LogP contribution in [0.1, 0.15) is 78.1 Å². The Balaban J connectivity index is -0.000000333. The summed E-state index contributed by atoms with van der Waals surface area (Å²) in [5.41, 5.74) is 0. The molecule has 0 aromatic carbocycles. The van der Waals surface area contributed by atoms with E-state index >= 15 is 0 Å². The number of carboxylic acids is 2. The number of unbranched alkanes of at least 4 members (excludes halogenated alkanes) is 6. The second-order valence-electron chi connectivity index (χ2n) is 5.37. The number of carbonyl (C=O) groups excluding carboxylic acids is 2. The minimum Gasteiger partial charge on any atom is -0.547 e. The van der Waals surface area contributed by atoms with Gasteiger partial charge in [0.2, 0.25) is 0 Å². The Hall–Kier alpha value is 0.120. The van der Waals surface area contributed by atoms with Crippen molar-refractivity contribution in [3.63, 3.8) is 0 Å². The van der Waals surface area contributed by atoms with Crippen LogP contribution in [0.3, 0.4) is 0 Å². The SMILES string of the molecule is CCCCCCC(O)C(=O)[O-].CCCCCCC(O)C(=O)[O-].[Ca+2]. The second kappa shape index (κ2) is 20.2. The fourth-order valence-corrected chi connectivity index (χ4v) is 1.76. The molecule has 6 nitrogen and oxygen atoms in total. The molecular formula is C16H30CaO6. The molecule has 0 rings (SSSR count). The van der Waals surface area contributed by atoms with Gasteiger partial charge in [-0.25, -0.2) is 0 Å². The van der Waals surface area contributed by atoms with Gasteiger partial charge < -0.3 is 30.0 Å². The van der Waals surface area contributed by atoms with Crippen molar-refractivity contribution >= 4 is 49.7 Å². The standard InChI is InChI=1S/2C8H16O3.Ca/c2*1-2-3-4-5-6-7(9)8(10)11;/h2*7,9H,2-6H2,1H3,(H,10,11);/q;;+2/p-2. The summed E-state index contributed by atoms with van der Waals surface area (Å²) < 4.78 is 0. The number of carbonyl (C=O) groups is 2. The van der Waals surface area contributed by atoms with Gasteiger partial charge in [0.1, 0.15) is 0 Å². The molecule has 0 aliphatic rings. The largest absolute Gasteiger partial charge is 2.00 e. The molecule has 0 aliphatic heterocycles. The van der Waals surface area contributed by atoms with Crippen molar-refractivity contribution in [2.75, 3.05) is 0 Å². The summed E-state index contributed by atoms with van der Waals surface area (Å²) >= 11 is 0. The molecule has 0 aromatic heterocycles. The Bertz CT molecular complexity index is 258. The van der Waals surface area contributed by atoms with E-state index in [0.29, 0.717) is 12.8 Å². The molecule has 2 unspecified atom stereocenters. The first-order valence-electron chi connectivity index (χ1n) is 8.14. The molecule has 0 aliphatic carbocycles. The number of aliphatic hydroxyl groups excluding tert-OH is 2. The Morgan fingerprint density at radius 1 is 0.739 bits per heavy atom. The minimum atomic E-state index is -1.36. The van der Waals surface area contributed by atoms with Crippen LogP contribution in [0.2, 0.25) is 0 Å². The zero-order valence-corrected chi connectivity index (χ0v) is 16.7. The molecule has 0 bridgehead atoms. The molecule has 23 heavy (non-hydrogen) atoms. The monoisotopic (exact) mass is 358 g/mol. The van der Waals surface area contributed by atoms with Crippen molar-refractivity contribution in [2.45, 2.75) is 90.3 Å². The molecular weight excluding hydrogens is 328 g/mol. The Morgan fingerprint density at radius 3 is 1.26 bits per heavy atom. The second-order valence-corrected chi connectivity index (χ2v) is 5.37. The summed E-state index contributed by atoms with van der Waals surface area (Å²) in [7, 11) is 0. The van der Waals surface area contributed by atoms with Gasteiger partial charge in [-0.3, -0.25) is 0 Å². The first-order valence-corrected chi connectivity index (χ1v) is 8.14. The molecule has 0 aromatic rings. The normalized spacial score (nSPS) is 12.3. The zero-order valence-electron chi connectivity index (χ0n) is 14.5. The maximum Gasteiger partial charge on any atom is 2.00 e. The average molecular weight is 358 g/mol. The van der Waals surface area contributed by atoms with Gasteiger partial charge >= 0.3 is 37.7 Å². The fourth-order valence-electron chi connectivity index (χ4n) is 1.76. The molecule has 0 fully saturated rings. The molecule has 132 valence electrons. The van der Waals surface area contributed by atoms with E-state index in [2.05, 4.69) is 13.8 Å². The van der Waals surface area contributed by atoms with Crippen LogP contribution in [0.5, 0.6) is 0 Å². The number of hydrogen-bond donors (Lipinski definition) is 2. The van der Waals surface area contributed by atoms with Crippen LogP contribution in [0.25, 0.3) is 0 Å². The maximum absolute atomic E-state index is 10.0. The van der Waals surface area contributed by atoms with Gasteiger partial charge in [0, 0.05) is 0 Å². The van der Waals surface area contributed by atoms with Gasteiger partial charge in [-0.15, -0.1) is 0 Å². The van der Waals surface area contributed by atoms with Crippen molar-refractivity contribution in [1.82, 2.24) is 0 Å². The molecule has 0 saturated carbocycles. The average Bonchev–Trinajstić information content (AvgIpc) is 2.48. The van der Waals surface area contributed by atoms with Crippen molar-refractivity contribution in [1.29, 1.82) is 0 Å². The van der Waals surface area contributed by atoms with E-state index in [9.17, 15) is 19.8 Å². The van der Waals surface area contributed by atoms with Gasteiger partial charge in [-0.1, -0.05) is 65.2 Å². The number of hydrogen-bond acceptors (Lipinski definition) is 6. The van der Waals surface area contributed by atoms with Crippen LogP contribution in [0.4, 0.5) is 0 Å². The third-order valence-electron chi connectivity index (χ3n) is 3.21. The molecule has 7 heteroatoms. The van der Waals surface area contributed by atoms with Crippen LogP contribution in [0, 0.1) is 0 Å². The van der Waals surface area contributed by atoms with Crippen LogP contribution >= 0.6 is 0 Å². The first-order chi connectivity index (χ1) is 10.4. The zero-order chi connectivity index (χ0) is 17.4. The van der Waals surface area contributed by atoms with Gasteiger partial charge in [0.05, 0.1) is 24.1 Å². The Morgan fingerprint density at radius 2 is 1.04 bits per heavy atom. The van der Waals surface area contributed by atoms with E-state index in [1.54, 1.807) is 0 Å². The predicted octanol–water partition coefficient (Wildman–Crippen LogP) is -0.246. The summed E-state index contributed by atoms with van der Waals surface area (Å²) in [6.45, 7) is 4.16. The summed E-state index contributed by atoms with van der Waals surface area (Å²) in [6, 6.07) is 0. The Labute approximate surface area is 169 Å². The minimum absolute atomic E-state index is 0. The predicted molar refractivity (Wildman–Crippen MR) is 85.3 cm³/mol. The van der Waals surface area contributed by atoms with E-state index in [4.69, 9.17) is 10.2 Å². The van der Waals surface area contributed by atoms with Gasteiger partial charge in [-0.05, 0) is 12.8 Å². The molecule has 2 N–H and O–H groups in total.